The lowest BCUT2D eigenvalue weighted by molar-refractivity contribution is 0.0383. The largest absolute Gasteiger partial charge is 0.379 e. The molecular weight excluding hydrogens is 456 g/mol. The van der Waals surface area contributed by atoms with Crippen LogP contribution in [0.15, 0.2) is 58.4 Å². The van der Waals surface area contributed by atoms with Crippen molar-refractivity contribution >= 4 is 32.5 Å². The van der Waals surface area contributed by atoms with E-state index in [9.17, 15) is 18.0 Å². The summed E-state index contributed by atoms with van der Waals surface area (Å²) in [6, 6.07) is 11.4. The number of ether oxygens (including phenoxy) is 1. The van der Waals surface area contributed by atoms with Crippen molar-refractivity contribution in [3.63, 3.8) is 0 Å². The second kappa shape index (κ2) is 9.96. The van der Waals surface area contributed by atoms with E-state index in [1.165, 1.54) is 35.7 Å². The van der Waals surface area contributed by atoms with Crippen molar-refractivity contribution in [2.75, 3.05) is 50.7 Å². The molecule has 0 spiro atoms. The first-order chi connectivity index (χ1) is 16.3. The molecule has 0 atom stereocenters. The van der Waals surface area contributed by atoms with Crippen molar-refractivity contribution in [2.24, 2.45) is 0 Å². The van der Waals surface area contributed by atoms with Crippen LogP contribution >= 0.6 is 0 Å². The number of hydrogen-bond donors (Lipinski definition) is 2. The molecule has 4 rings (SSSR count). The number of aromatic nitrogens is 1. The first-order valence-corrected chi connectivity index (χ1v) is 12.5. The summed E-state index contributed by atoms with van der Waals surface area (Å²) in [6.07, 6.45) is 1.36. The lowest BCUT2D eigenvalue weighted by Crippen LogP contribution is -2.41. The van der Waals surface area contributed by atoms with Gasteiger partial charge in [0.15, 0.2) is 0 Å². The number of amides is 1. The molecule has 2 heterocycles. The molecule has 1 fully saturated rings. The van der Waals surface area contributed by atoms with E-state index in [0.29, 0.717) is 37.5 Å². The zero-order chi connectivity index (χ0) is 24.3. The van der Waals surface area contributed by atoms with Crippen LogP contribution in [0.25, 0.3) is 10.9 Å². The van der Waals surface area contributed by atoms with Gasteiger partial charge in [-0.1, -0.05) is 12.1 Å². The molecule has 0 bridgehead atoms. The summed E-state index contributed by atoms with van der Waals surface area (Å²) in [5.74, 6) is -0.499. The summed E-state index contributed by atoms with van der Waals surface area (Å²) in [5.41, 5.74) is 1.32. The van der Waals surface area contributed by atoms with Gasteiger partial charge in [0.1, 0.15) is 5.56 Å². The van der Waals surface area contributed by atoms with Crippen LogP contribution in [0.1, 0.15) is 15.9 Å². The Balaban J connectivity index is 1.57. The SMILES string of the molecule is Cc1cccc(N(C)S(=O)(=O)c2ccc3[nH]cc(C(=O)NCCN4CCOCC4)c(=O)c3c2)c1. The minimum absolute atomic E-state index is 0.0284. The molecule has 2 N–H and O–H groups in total. The summed E-state index contributed by atoms with van der Waals surface area (Å²) in [6.45, 7) is 5.89. The molecule has 1 saturated heterocycles. The van der Waals surface area contributed by atoms with Gasteiger partial charge in [-0.05, 0) is 42.8 Å². The Bertz CT molecular complexity index is 1360. The van der Waals surface area contributed by atoms with Crippen molar-refractivity contribution < 1.29 is 17.9 Å². The number of fused-ring (bicyclic) bond motifs is 1. The monoisotopic (exact) mass is 484 g/mol. The number of morpholine rings is 1. The number of hydrogen-bond acceptors (Lipinski definition) is 6. The number of carbonyl (C=O) groups excluding carboxylic acids is 1. The van der Waals surface area contributed by atoms with E-state index in [0.717, 1.165) is 18.7 Å². The predicted octanol–water partition coefficient (Wildman–Crippen LogP) is 1.72. The van der Waals surface area contributed by atoms with E-state index < -0.39 is 21.4 Å². The molecule has 1 aromatic heterocycles. The number of carbonyl (C=O) groups is 1. The van der Waals surface area contributed by atoms with E-state index >= 15 is 0 Å². The zero-order valence-corrected chi connectivity index (χ0v) is 20.0. The van der Waals surface area contributed by atoms with Gasteiger partial charge in [-0.25, -0.2) is 8.42 Å². The fourth-order valence-corrected chi connectivity index (χ4v) is 5.11. The van der Waals surface area contributed by atoms with Crippen molar-refractivity contribution in [2.45, 2.75) is 11.8 Å². The molecule has 10 heteroatoms. The molecule has 2 aromatic carbocycles. The molecule has 0 saturated carbocycles. The summed E-state index contributed by atoms with van der Waals surface area (Å²) in [4.78, 5) is 30.8. The number of sulfonamides is 1. The molecule has 34 heavy (non-hydrogen) atoms. The van der Waals surface area contributed by atoms with Gasteiger partial charge in [-0.3, -0.25) is 18.8 Å². The number of nitrogens with one attached hydrogen (secondary N) is 2. The van der Waals surface area contributed by atoms with Gasteiger partial charge in [-0.2, -0.15) is 0 Å². The first kappa shape index (κ1) is 23.9. The smallest absolute Gasteiger partial charge is 0.264 e. The van der Waals surface area contributed by atoms with Crippen LogP contribution in [0.3, 0.4) is 0 Å². The number of pyridine rings is 1. The molecule has 180 valence electrons. The molecule has 3 aromatic rings. The Morgan fingerprint density at radius 2 is 1.94 bits per heavy atom. The highest BCUT2D eigenvalue weighted by molar-refractivity contribution is 7.92. The lowest BCUT2D eigenvalue weighted by Gasteiger charge is -2.26. The topological polar surface area (TPSA) is 112 Å². The predicted molar refractivity (Wildman–Crippen MR) is 131 cm³/mol. The highest BCUT2D eigenvalue weighted by Crippen LogP contribution is 2.24. The van der Waals surface area contributed by atoms with Crippen LogP contribution in [0.5, 0.6) is 0 Å². The van der Waals surface area contributed by atoms with E-state index in [2.05, 4.69) is 15.2 Å². The minimum Gasteiger partial charge on any atom is -0.379 e. The maximum atomic E-state index is 13.2. The number of aromatic amines is 1. The number of rotatable bonds is 7. The maximum absolute atomic E-state index is 13.2. The van der Waals surface area contributed by atoms with Gasteiger partial charge < -0.3 is 15.0 Å². The number of nitrogens with zero attached hydrogens (tertiary/aromatic N) is 2. The van der Waals surface area contributed by atoms with E-state index in [-0.39, 0.29) is 15.8 Å². The second-order valence-corrected chi connectivity index (χ2v) is 10.2. The number of benzene rings is 2. The fraction of sp³-hybridized carbons (Fsp3) is 0.333. The van der Waals surface area contributed by atoms with Gasteiger partial charge in [0, 0.05) is 50.3 Å². The van der Waals surface area contributed by atoms with Crippen LogP contribution < -0.4 is 15.1 Å². The Kier molecular flexibility index (Phi) is 7.01. The Morgan fingerprint density at radius 3 is 2.68 bits per heavy atom. The summed E-state index contributed by atoms with van der Waals surface area (Å²) >= 11 is 0. The van der Waals surface area contributed by atoms with Crippen molar-refractivity contribution in [1.82, 2.24) is 15.2 Å². The molecule has 0 aliphatic carbocycles. The summed E-state index contributed by atoms with van der Waals surface area (Å²) in [5, 5.41) is 2.91. The zero-order valence-electron chi connectivity index (χ0n) is 19.2. The van der Waals surface area contributed by atoms with Crippen LogP contribution in [-0.2, 0) is 14.8 Å². The summed E-state index contributed by atoms with van der Waals surface area (Å²) < 4.78 is 32.9. The molecule has 9 nitrogen and oxygen atoms in total. The normalized spacial score (nSPS) is 14.8. The molecule has 0 unspecified atom stereocenters. The molecule has 1 amide bonds. The second-order valence-electron chi connectivity index (χ2n) is 8.26. The standard InChI is InChI=1S/C24H28N4O5S/c1-17-4-3-5-18(14-17)27(2)34(31,32)19-6-7-22-20(15-19)23(29)21(16-26-22)24(30)25-8-9-28-10-12-33-13-11-28/h3-7,14-16H,8-13H2,1-2H3,(H,25,30)(H,26,29). The molecular formula is C24H28N4O5S. The van der Waals surface area contributed by atoms with Gasteiger partial charge in [0.05, 0.1) is 23.8 Å². The average Bonchev–Trinajstić information content (AvgIpc) is 2.84. The number of aryl methyl sites for hydroxylation is 1. The molecule has 0 radical (unpaired) electrons. The van der Waals surface area contributed by atoms with Crippen molar-refractivity contribution in [1.29, 1.82) is 0 Å². The van der Waals surface area contributed by atoms with Gasteiger partial charge >= 0.3 is 0 Å². The fourth-order valence-electron chi connectivity index (χ4n) is 3.90. The van der Waals surface area contributed by atoms with Gasteiger partial charge in [-0.15, -0.1) is 0 Å². The van der Waals surface area contributed by atoms with E-state index in [1.807, 2.05) is 13.0 Å². The average molecular weight is 485 g/mol. The van der Waals surface area contributed by atoms with Crippen LogP contribution in [-0.4, -0.2) is 70.6 Å². The maximum Gasteiger partial charge on any atom is 0.264 e. The van der Waals surface area contributed by atoms with Crippen LogP contribution in [0.2, 0.25) is 0 Å². The van der Waals surface area contributed by atoms with Crippen molar-refractivity contribution in [3.8, 4) is 0 Å². The third-order valence-corrected chi connectivity index (χ3v) is 7.72. The minimum atomic E-state index is -3.91. The number of anilines is 1. The highest BCUT2D eigenvalue weighted by atomic mass is 32.2. The van der Waals surface area contributed by atoms with Gasteiger partial charge in [0.2, 0.25) is 5.43 Å². The third kappa shape index (κ3) is 4.98. The van der Waals surface area contributed by atoms with Crippen molar-refractivity contribution in [3.05, 3.63) is 70.0 Å². The number of H-pyrrole nitrogens is 1. The van der Waals surface area contributed by atoms with E-state index in [1.54, 1.807) is 18.2 Å². The van der Waals surface area contributed by atoms with E-state index in [4.69, 9.17) is 4.74 Å². The Labute approximate surface area is 198 Å². The summed E-state index contributed by atoms with van der Waals surface area (Å²) in [7, 11) is -2.44. The molecule has 1 aliphatic heterocycles. The van der Waals surface area contributed by atoms with Crippen LogP contribution in [0, 0.1) is 6.92 Å². The Morgan fingerprint density at radius 1 is 1.18 bits per heavy atom. The lowest BCUT2D eigenvalue weighted by atomic mass is 10.1. The van der Waals surface area contributed by atoms with Crippen LogP contribution in [0.4, 0.5) is 5.69 Å². The Hall–Kier alpha value is -3.21. The quantitative estimate of drug-likeness (QED) is 0.528. The highest BCUT2D eigenvalue weighted by Gasteiger charge is 2.23. The first-order valence-electron chi connectivity index (χ1n) is 11.1. The molecule has 1 aliphatic rings. The third-order valence-electron chi connectivity index (χ3n) is 5.94. The van der Waals surface area contributed by atoms with Gasteiger partial charge in [0.25, 0.3) is 15.9 Å².